The molecule has 0 fully saturated rings. The summed E-state index contributed by atoms with van der Waals surface area (Å²) in [5, 5.41) is 5.13. The van der Waals surface area contributed by atoms with Gasteiger partial charge < -0.3 is 16.4 Å². The first-order valence-electron chi connectivity index (χ1n) is 6.10. The lowest BCUT2D eigenvalue weighted by Crippen LogP contribution is -2.44. The number of hydrogen-bond acceptors (Lipinski definition) is 3. The van der Waals surface area contributed by atoms with Crippen molar-refractivity contribution in [1.29, 1.82) is 0 Å². The number of nitrogens with one attached hydrogen (secondary N) is 2. The number of nitrogens with two attached hydrogens (primary N) is 1. The highest BCUT2D eigenvalue weighted by molar-refractivity contribution is 9.11. The first kappa shape index (κ1) is 16.9. The molecule has 0 saturated carbocycles. The number of rotatable bonds is 6. The topological polar surface area (TPSA) is 101 Å². The summed E-state index contributed by atoms with van der Waals surface area (Å²) in [5.41, 5.74) is 6.17. The van der Waals surface area contributed by atoms with Crippen molar-refractivity contribution in [3.05, 3.63) is 40.9 Å². The van der Waals surface area contributed by atoms with Crippen molar-refractivity contribution in [3.63, 3.8) is 0 Å². The van der Waals surface area contributed by atoms with Gasteiger partial charge in [-0.05, 0) is 28.7 Å². The Morgan fingerprint density at radius 3 is 2.29 bits per heavy atom. The molecule has 3 amide bonds. The van der Waals surface area contributed by atoms with Crippen LogP contribution in [0.25, 0.3) is 0 Å². The van der Waals surface area contributed by atoms with Crippen molar-refractivity contribution in [2.24, 2.45) is 5.73 Å². The fraction of sp³-hybridized carbons (Fsp3) is 0.214. The van der Waals surface area contributed by atoms with Crippen LogP contribution in [0.4, 0.5) is 5.69 Å². The second-order valence-electron chi connectivity index (χ2n) is 4.41. The maximum Gasteiger partial charge on any atom is 0.251 e. The predicted octanol–water partition coefficient (Wildman–Crippen LogP) is 1.53. The molecule has 0 aliphatic carbocycles. The fourth-order valence-electron chi connectivity index (χ4n) is 1.59. The van der Waals surface area contributed by atoms with E-state index in [1.807, 2.05) is 0 Å². The molecule has 1 aromatic carbocycles. The molecular weight excluding hydrogens is 338 g/mol. The van der Waals surface area contributed by atoms with E-state index >= 15 is 0 Å². The van der Waals surface area contributed by atoms with Crippen LogP contribution in [0, 0.1) is 0 Å². The average Bonchev–Trinajstić information content (AvgIpc) is 2.37. The first-order chi connectivity index (χ1) is 9.79. The van der Waals surface area contributed by atoms with E-state index in [0.717, 1.165) is 0 Å². The van der Waals surface area contributed by atoms with Crippen LogP contribution in [-0.2, 0) is 9.59 Å². The number of amides is 3. The SMILES string of the molecule is C=C(Br)C[C@@H](NC(=O)c1ccc(NC(C)=O)cc1)C(N)=O. The minimum Gasteiger partial charge on any atom is -0.368 e. The molecule has 6 nitrogen and oxygen atoms in total. The van der Waals surface area contributed by atoms with E-state index < -0.39 is 17.9 Å². The van der Waals surface area contributed by atoms with E-state index in [2.05, 4.69) is 33.1 Å². The van der Waals surface area contributed by atoms with Crippen LogP contribution in [0.15, 0.2) is 35.3 Å². The van der Waals surface area contributed by atoms with E-state index in [1.165, 1.54) is 6.92 Å². The second kappa shape index (κ2) is 7.58. The van der Waals surface area contributed by atoms with Gasteiger partial charge in [-0.3, -0.25) is 14.4 Å². The molecule has 1 rings (SSSR count). The van der Waals surface area contributed by atoms with Gasteiger partial charge in [-0.15, -0.1) is 0 Å². The zero-order chi connectivity index (χ0) is 16.0. The van der Waals surface area contributed by atoms with E-state index in [-0.39, 0.29) is 12.3 Å². The summed E-state index contributed by atoms with van der Waals surface area (Å²) in [6.07, 6.45) is 0.213. The molecule has 0 aliphatic heterocycles. The maximum atomic E-state index is 12.0. The Kier molecular flexibility index (Phi) is 6.10. The van der Waals surface area contributed by atoms with Crippen LogP contribution in [0.3, 0.4) is 0 Å². The van der Waals surface area contributed by atoms with E-state index in [1.54, 1.807) is 24.3 Å². The molecule has 4 N–H and O–H groups in total. The number of primary amides is 1. The zero-order valence-electron chi connectivity index (χ0n) is 11.5. The summed E-state index contributed by atoms with van der Waals surface area (Å²) >= 11 is 3.13. The van der Waals surface area contributed by atoms with Crippen LogP contribution in [0.1, 0.15) is 23.7 Å². The summed E-state index contributed by atoms with van der Waals surface area (Å²) < 4.78 is 0.563. The van der Waals surface area contributed by atoms with Gasteiger partial charge in [0.2, 0.25) is 11.8 Å². The Morgan fingerprint density at radius 2 is 1.86 bits per heavy atom. The standard InChI is InChI=1S/C14H16BrN3O3/c1-8(15)7-12(13(16)20)18-14(21)10-3-5-11(6-4-10)17-9(2)19/h3-6,12H,1,7H2,2H3,(H2,16,20)(H,17,19)(H,18,21)/t12-/m1/s1. The number of halogens is 1. The highest BCUT2D eigenvalue weighted by Crippen LogP contribution is 2.12. The maximum absolute atomic E-state index is 12.0. The summed E-state index contributed by atoms with van der Waals surface area (Å²) in [6.45, 7) is 5.01. The van der Waals surface area contributed by atoms with E-state index in [0.29, 0.717) is 15.7 Å². The van der Waals surface area contributed by atoms with E-state index in [9.17, 15) is 14.4 Å². The lowest BCUT2D eigenvalue weighted by Gasteiger charge is -2.15. The quantitative estimate of drug-likeness (QED) is 0.722. The normalized spacial score (nSPS) is 11.3. The van der Waals surface area contributed by atoms with Crippen LogP contribution >= 0.6 is 15.9 Å². The molecule has 0 spiro atoms. The highest BCUT2D eigenvalue weighted by Gasteiger charge is 2.19. The van der Waals surface area contributed by atoms with Gasteiger partial charge in [0.1, 0.15) is 6.04 Å². The first-order valence-corrected chi connectivity index (χ1v) is 6.90. The van der Waals surface area contributed by atoms with Gasteiger partial charge in [-0.1, -0.05) is 22.5 Å². The fourth-order valence-corrected chi connectivity index (χ4v) is 1.92. The third-order valence-corrected chi connectivity index (χ3v) is 2.87. The molecule has 21 heavy (non-hydrogen) atoms. The molecule has 0 bridgehead atoms. The Bertz CT molecular complexity index is 569. The molecule has 0 unspecified atom stereocenters. The molecule has 1 aromatic rings. The van der Waals surface area contributed by atoms with Crippen molar-refractivity contribution in [1.82, 2.24) is 5.32 Å². The smallest absolute Gasteiger partial charge is 0.251 e. The van der Waals surface area contributed by atoms with Crippen molar-refractivity contribution >= 4 is 39.3 Å². The molecule has 7 heteroatoms. The largest absolute Gasteiger partial charge is 0.368 e. The van der Waals surface area contributed by atoms with Crippen molar-refractivity contribution < 1.29 is 14.4 Å². The van der Waals surface area contributed by atoms with Gasteiger partial charge in [0.05, 0.1) is 0 Å². The van der Waals surface area contributed by atoms with Gasteiger partial charge >= 0.3 is 0 Å². The molecule has 0 radical (unpaired) electrons. The molecule has 0 heterocycles. The number of carbonyl (C=O) groups is 3. The Labute approximate surface area is 130 Å². The molecule has 0 saturated heterocycles. The Balaban J connectivity index is 2.76. The minimum atomic E-state index is -0.834. The molecular formula is C14H16BrN3O3. The second-order valence-corrected chi connectivity index (χ2v) is 5.53. The van der Waals surface area contributed by atoms with Crippen LogP contribution in [0.2, 0.25) is 0 Å². The third kappa shape index (κ3) is 5.78. The highest BCUT2D eigenvalue weighted by atomic mass is 79.9. The van der Waals surface area contributed by atoms with Crippen LogP contribution < -0.4 is 16.4 Å². The zero-order valence-corrected chi connectivity index (χ0v) is 13.1. The molecule has 0 aliphatic rings. The summed E-state index contributed by atoms with van der Waals surface area (Å²) in [4.78, 5) is 34.2. The van der Waals surface area contributed by atoms with Gasteiger partial charge in [0, 0.05) is 24.6 Å². The number of anilines is 1. The van der Waals surface area contributed by atoms with Crippen molar-refractivity contribution in [2.45, 2.75) is 19.4 Å². The van der Waals surface area contributed by atoms with Crippen molar-refractivity contribution in [2.75, 3.05) is 5.32 Å². The summed E-state index contributed by atoms with van der Waals surface area (Å²) in [7, 11) is 0. The lowest BCUT2D eigenvalue weighted by atomic mass is 10.1. The lowest BCUT2D eigenvalue weighted by molar-refractivity contribution is -0.119. The molecule has 112 valence electrons. The third-order valence-electron chi connectivity index (χ3n) is 2.54. The number of benzene rings is 1. The number of hydrogen-bond donors (Lipinski definition) is 3. The monoisotopic (exact) mass is 353 g/mol. The van der Waals surface area contributed by atoms with Gasteiger partial charge in [0.25, 0.3) is 5.91 Å². The molecule has 1 atom stereocenters. The van der Waals surface area contributed by atoms with Crippen LogP contribution in [0.5, 0.6) is 0 Å². The summed E-state index contributed by atoms with van der Waals surface area (Å²) in [6, 6.07) is 5.45. The Hall–Kier alpha value is -2.15. The predicted molar refractivity (Wildman–Crippen MR) is 83.9 cm³/mol. The van der Waals surface area contributed by atoms with Gasteiger partial charge in [-0.25, -0.2) is 0 Å². The van der Waals surface area contributed by atoms with Gasteiger partial charge in [0.15, 0.2) is 0 Å². The van der Waals surface area contributed by atoms with Gasteiger partial charge in [-0.2, -0.15) is 0 Å². The average molecular weight is 354 g/mol. The van der Waals surface area contributed by atoms with Crippen molar-refractivity contribution in [3.8, 4) is 0 Å². The molecule has 0 aromatic heterocycles. The minimum absolute atomic E-state index is 0.197. The van der Waals surface area contributed by atoms with Crippen LogP contribution in [-0.4, -0.2) is 23.8 Å². The Morgan fingerprint density at radius 1 is 1.29 bits per heavy atom. The summed E-state index contributed by atoms with van der Waals surface area (Å²) in [5.74, 6) is -1.27. The van der Waals surface area contributed by atoms with E-state index in [4.69, 9.17) is 5.73 Å². The number of carbonyl (C=O) groups excluding carboxylic acids is 3.